The number of carbonyl (C=O) groups is 2. The average molecular weight is 737 g/mol. The Bertz CT molecular complexity index is 2140. The molecule has 3 saturated heterocycles. The number of benzene rings is 1. The molecule has 0 radical (unpaired) electrons. The maximum Gasteiger partial charge on any atom is 0.329 e. The minimum absolute atomic E-state index is 0.0848. The smallest absolute Gasteiger partial charge is 0.329 e. The zero-order valence-electron chi connectivity index (χ0n) is 30.6. The van der Waals surface area contributed by atoms with Gasteiger partial charge in [-0.1, -0.05) is 23.7 Å². The molecule has 2 N–H and O–H groups in total. The van der Waals surface area contributed by atoms with E-state index in [1.54, 1.807) is 10.9 Å². The molecule has 13 nitrogen and oxygen atoms in total. The van der Waals surface area contributed by atoms with Crippen molar-refractivity contribution >= 4 is 46.2 Å². The lowest BCUT2D eigenvalue weighted by atomic mass is 9.78. The monoisotopic (exact) mass is 736 g/mol. The number of piperidine rings is 2. The summed E-state index contributed by atoms with van der Waals surface area (Å²) < 4.78 is 8.12. The highest BCUT2D eigenvalue weighted by Gasteiger charge is 2.37. The largest absolute Gasteiger partial charge is 0.453 e. The molecule has 5 aromatic rings. The van der Waals surface area contributed by atoms with E-state index in [1.165, 1.54) is 10.5 Å². The minimum atomic E-state index is -0.409. The highest BCUT2D eigenvalue weighted by Crippen LogP contribution is 2.41. The van der Waals surface area contributed by atoms with Gasteiger partial charge in [-0.05, 0) is 94.7 Å². The second-order valence-corrected chi connectivity index (χ2v) is 15.6. The maximum absolute atomic E-state index is 12.2. The number of hydrogen-bond donors (Lipinski definition) is 2. The fourth-order valence-electron chi connectivity index (χ4n) is 8.16. The van der Waals surface area contributed by atoms with Gasteiger partial charge in [0, 0.05) is 51.4 Å². The molecule has 3 fully saturated rings. The number of hydrogen-bond acceptors (Lipinski definition) is 9. The van der Waals surface area contributed by atoms with Crippen molar-refractivity contribution in [1.29, 1.82) is 0 Å². The van der Waals surface area contributed by atoms with E-state index in [-0.39, 0.29) is 17.9 Å². The molecule has 7 heterocycles. The predicted molar refractivity (Wildman–Crippen MR) is 205 cm³/mol. The predicted octanol–water partition coefficient (Wildman–Crippen LogP) is 6.83. The van der Waals surface area contributed by atoms with Gasteiger partial charge in [0.15, 0.2) is 11.4 Å². The number of aromatic amines is 1. The summed E-state index contributed by atoms with van der Waals surface area (Å²) in [6.45, 7) is 11.2. The van der Waals surface area contributed by atoms with Gasteiger partial charge in [0.05, 0.1) is 29.3 Å². The van der Waals surface area contributed by atoms with Gasteiger partial charge in [0.2, 0.25) is 5.91 Å². The van der Waals surface area contributed by atoms with E-state index in [2.05, 4.69) is 66.1 Å². The SMILES string of the molecule is Cc1nn(C)cc1-c1nc2ncc(Cl)c(Oc3ccc(C4CCN(CC5CCN(c6ccc(N7CCC(=O)NC7=O)nc6)CC5)C(C)(C)C4)cc3)c2[nH]1. The van der Waals surface area contributed by atoms with Crippen molar-refractivity contribution in [1.82, 2.24) is 39.9 Å². The number of carbonyl (C=O) groups excluding carboxylic acids is 2. The number of aryl methyl sites for hydroxylation is 2. The van der Waals surface area contributed by atoms with E-state index >= 15 is 0 Å². The molecule has 1 aromatic carbocycles. The van der Waals surface area contributed by atoms with Crippen LogP contribution in [0.4, 0.5) is 16.3 Å². The molecule has 0 spiro atoms. The van der Waals surface area contributed by atoms with Crippen LogP contribution in [0.2, 0.25) is 5.02 Å². The summed E-state index contributed by atoms with van der Waals surface area (Å²) in [7, 11) is 1.89. The number of imidazole rings is 1. The zero-order valence-corrected chi connectivity index (χ0v) is 31.4. The van der Waals surface area contributed by atoms with E-state index in [0.717, 1.165) is 68.8 Å². The fraction of sp³-hybridized carbons (Fsp3) is 0.436. The third-order valence-corrected chi connectivity index (χ3v) is 11.4. The first-order chi connectivity index (χ1) is 25.5. The molecule has 3 aliphatic rings. The number of nitrogens with one attached hydrogen (secondary N) is 2. The van der Waals surface area contributed by atoms with Crippen LogP contribution in [-0.4, -0.2) is 84.8 Å². The second-order valence-electron chi connectivity index (χ2n) is 15.2. The number of fused-ring (bicyclic) bond motifs is 1. The van der Waals surface area contributed by atoms with Gasteiger partial charge in [-0.25, -0.2) is 19.7 Å². The minimum Gasteiger partial charge on any atom is -0.453 e. The molecule has 8 rings (SSSR count). The number of anilines is 2. The van der Waals surface area contributed by atoms with Crippen molar-refractivity contribution in [2.75, 3.05) is 42.5 Å². The van der Waals surface area contributed by atoms with Crippen molar-refractivity contribution in [2.45, 2.75) is 64.3 Å². The lowest BCUT2D eigenvalue weighted by molar-refractivity contribution is -0.120. The molecule has 14 heteroatoms. The van der Waals surface area contributed by atoms with Crippen molar-refractivity contribution in [3.05, 3.63) is 71.3 Å². The number of rotatable bonds is 8. The Morgan fingerprint density at radius 3 is 2.45 bits per heavy atom. The number of urea groups is 1. The van der Waals surface area contributed by atoms with Crippen molar-refractivity contribution < 1.29 is 14.3 Å². The number of likely N-dealkylation sites (tertiary alicyclic amines) is 1. The van der Waals surface area contributed by atoms with E-state index in [0.29, 0.717) is 57.7 Å². The lowest BCUT2D eigenvalue weighted by Crippen LogP contribution is -2.52. The Labute approximate surface area is 313 Å². The van der Waals surface area contributed by atoms with Gasteiger partial charge >= 0.3 is 6.03 Å². The number of imide groups is 1. The van der Waals surface area contributed by atoms with E-state index < -0.39 is 6.03 Å². The van der Waals surface area contributed by atoms with Gasteiger partial charge in [-0.3, -0.25) is 24.6 Å². The Hall–Kier alpha value is -5.01. The first kappa shape index (κ1) is 35.0. The second kappa shape index (κ2) is 14.1. The standard InChI is InChI=1S/C39H45ClN10O3/c1-24-30(23-47(4)46-24)36-44-34-35(31(40)21-42-37(34)45-36)53-29-8-5-26(6-9-29)27-13-17-49(39(2,3)19-27)22-25-11-15-48(16-12-25)28-7-10-32(41-20-28)50-18-14-33(51)43-38(50)52/h5-10,20-21,23,25,27H,11-19,22H2,1-4H3,(H,42,44,45)(H,43,51,52). The molecule has 0 aliphatic carbocycles. The molecule has 4 aromatic heterocycles. The van der Waals surface area contributed by atoms with Crippen LogP contribution in [0.25, 0.3) is 22.6 Å². The number of H-pyrrole nitrogens is 1. The summed E-state index contributed by atoms with van der Waals surface area (Å²) in [5.41, 5.74) is 5.44. The summed E-state index contributed by atoms with van der Waals surface area (Å²) in [6.07, 6.45) is 10.1. The normalized spacial score (nSPS) is 19.9. The quantitative estimate of drug-likeness (QED) is 0.176. The van der Waals surface area contributed by atoms with Gasteiger partial charge in [0.25, 0.3) is 0 Å². The molecule has 0 saturated carbocycles. The van der Waals surface area contributed by atoms with Gasteiger partial charge in [-0.15, -0.1) is 0 Å². The van der Waals surface area contributed by atoms with Crippen molar-refractivity contribution in [3.8, 4) is 22.9 Å². The highest BCUT2D eigenvalue weighted by molar-refractivity contribution is 6.32. The van der Waals surface area contributed by atoms with Gasteiger partial charge < -0.3 is 14.6 Å². The molecular formula is C39H45ClN10O3. The molecule has 1 unspecified atom stereocenters. The summed E-state index contributed by atoms with van der Waals surface area (Å²) >= 11 is 6.60. The first-order valence-corrected chi connectivity index (χ1v) is 18.8. The summed E-state index contributed by atoms with van der Waals surface area (Å²) in [4.78, 5) is 47.3. The van der Waals surface area contributed by atoms with E-state index in [4.69, 9.17) is 16.3 Å². The number of ether oxygens (including phenoxy) is 1. The first-order valence-electron chi connectivity index (χ1n) is 18.4. The number of halogens is 1. The number of amides is 3. The van der Waals surface area contributed by atoms with Crippen LogP contribution in [0.5, 0.6) is 11.5 Å². The fourth-order valence-corrected chi connectivity index (χ4v) is 8.34. The Kier molecular flexibility index (Phi) is 9.32. The number of nitrogens with zero attached hydrogens (tertiary/aromatic N) is 8. The Morgan fingerprint density at radius 1 is 0.981 bits per heavy atom. The summed E-state index contributed by atoms with van der Waals surface area (Å²) in [5, 5.41) is 7.21. The third-order valence-electron chi connectivity index (χ3n) is 11.1. The maximum atomic E-state index is 12.2. The van der Waals surface area contributed by atoms with Gasteiger partial charge in [0.1, 0.15) is 27.9 Å². The molecule has 3 aliphatic heterocycles. The molecule has 0 bridgehead atoms. The number of aromatic nitrogens is 6. The summed E-state index contributed by atoms with van der Waals surface area (Å²) in [5.74, 6) is 3.32. The van der Waals surface area contributed by atoms with Gasteiger partial charge in [-0.2, -0.15) is 5.10 Å². The zero-order chi connectivity index (χ0) is 36.9. The molecule has 1 atom stereocenters. The van der Waals surface area contributed by atoms with E-state index in [1.807, 2.05) is 50.6 Å². The van der Waals surface area contributed by atoms with Crippen LogP contribution in [0.15, 0.2) is 55.0 Å². The van der Waals surface area contributed by atoms with E-state index in [9.17, 15) is 9.59 Å². The average Bonchev–Trinajstić information content (AvgIpc) is 3.73. The molecular weight excluding hydrogens is 692 g/mol. The topological polar surface area (TPSA) is 137 Å². The van der Waals surface area contributed by atoms with Crippen LogP contribution in [0.1, 0.15) is 63.1 Å². The van der Waals surface area contributed by atoms with Crippen LogP contribution >= 0.6 is 11.6 Å². The van der Waals surface area contributed by atoms with Crippen molar-refractivity contribution in [3.63, 3.8) is 0 Å². The van der Waals surface area contributed by atoms with Crippen LogP contribution in [-0.2, 0) is 11.8 Å². The third kappa shape index (κ3) is 7.19. The van der Waals surface area contributed by atoms with Crippen LogP contribution in [0.3, 0.4) is 0 Å². The Balaban J connectivity index is 0.854. The van der Waals surface area contributed by atoms with Crippen molar-refractivity contribution in [2.24, 2.45) is 13.0 Å². The van der Waals surface area contributed by atoms with Crippen LogP contribution < -0.4 is 19.9 Å². The van der Waals surface area contributed by atoms with Crippen LogP contribution in [0, 0.1) is 12.8 Å². The Morgan fingerprint density at radius 2 is 1.77 bits per heavy atom. The molecule has 53 heavy (non-hydrogen) atoms. The lowest BCUT2D eigenvalue weighted by Gasteiger charge is -2.48. The highest BCUT2D eigenvalue weighted by atomic mass is 35.5. The molecule has 3 amide bonds. The summed E-state index contributed by atoms with van der Waals surface area (Å²) in [6, 6.07) is 11.9. The molecule has 276 valence electrons. The number of pyridine rings is 2.